The predicted molar refractivity (Wildman–Crippen MR) is 134 cm³/mol. The third-order valence-corrected chi connectivity index (χ3v) is 6.03. The zero-order chi connectivity index (χ0) is 23.4. The summed E-state index contributed by atoms with van der Waals surface area (Å²) < 4.78 is 11.4. The number of rotatable bonds is 7. The number of benzene rings is 3. The Kier molecular flexibility index (Phi) is 6.96. The zero-order valence-electron chi connectivity index (χ0n) is 18.2. The van der Waals surface area contributed by atoms with Crippen molar-refractivity contribution in [3.63, 3.8) is 0 Å². The molecule has 1 atom stereocenters. The van der Waals surface area contributed by atoms with E-state index in [-0.39, 0.29) is 18.6 Å². The molecular weight excluding hydrogens is 456 g/mol. The number of para-hydroxylation sites is 1. The van der Waals surface area contributed by atoms with Crippen LogP contribution in [0.15, 0.2) is 78.5 Å². The van der Waals surface area contributed by atoms with Crippen LogP contribution in [0.1, 0.15) is 29.7 Å². The van der Waals surface area contributed by atoms with Crippen LogP contribution in [0.5, 0.6) is 11.5 Å². The van der Waals surface area contributed by atoms with Crippen LogP contribution >= 0.6 is 23.8 Å². The van der Waals surface area contributed by atoms with E-state index in [0.717, 1.165) is 16.7 Å². The van der Waals surface area contributed by atoms with E-state index in [1.807, 2.05) is 73.7 Å². The van der Waals surface area contributed by atoms with Gasteiger partial charge in [0.2, 0.25) is 0 Å². The number of thiocarbonyl (C=S) groups is 1. The smallest absolute Gasteiger partial charge is 0.277 e. The maximum atomic E-state index is 13.1. The number of hydrogen-bond donors (Lipinski definition) is 1. The van der Waals surface area contributed by atoms with Gasteiger partial charge in [-0.3, -0.25) is 9.69 Å². The molecule has 0 spiro atoms. The first-order valence-corrected chi connectivity index (χ1v) is 11.2. The molecule has 3 aromatic carbocycles. The van der Waals surface area contributed by atoms with Gasteiger partial charge in [0.05, 0.1) is 18.2 Å². The Morgan fingerprint density at radius 1 is 1.06 bits per heavy atom. The number of carbonyl (C=O) groups excluding carboxylic acids is 1. The first-order valence-electron chi connectivity index (χ1n) is 10.4. The Balaban J connectivity index is 1.56. The van der Waals surface area contributed by atoms with E-state index in [9.17, 15) is 4.79 Å². The highest BCUT2D eigenvalue weighted by Crippen LogP contribution is 2.29. The fraction of sp³-hybridized carbons (Fsp3) is 0.154. The van der Waals surface area contributed by atoms with Gasteiger partial charge in [0, 0.05) is 5.56 Å². The zero-order valence-corrected chi connectivity index (χ0v) is 19.8. The lowest BCUT2D eigenvalue weighted by molar-refractivity contribution is -0.123. The summed E-state index contributed by atoms with van der Waals surface area (Å²) in [7, 11) is 1.61. The van der Waals surface area contributed by atoms with Crippen LogP contribution in [0.2, 0.25) is 5.02 Å². The monoisotopic (exact) mass is 478 g/mol. The van der Waals surface area contributed by atoms with E-state index in [2.05, 4.69) is 5.32 Å². The van der Waals surface area contributed by atoms with Crippen LogP contribution in [-0.4, -0.2) is 23.0 Å². The first kappa shape index (κ1) is 22.8. The topological polar surface area (TPSA) is 50.8 Å². The van der Waals surface area contributed by atoms with Gasteiger partial charge in [0.1, 0.15) is 23.8 Å². The predicted octanol–water partition coefficient (Wildman–Crippen LogP) is 5.75. The van der Waals surface area contributed by atoms with Crippen molar-refractivity contribution in [2.75, 3.05) is 7.11 Å². The van der Waals surface area contributed by atoms with Gasteiger partial charge in [0.25, 0.3) is 5.91 Å². The van der Waals surface area contributed by atoms with Gasteiger partial charge < -0.3 is 14.8 Å². The fourth-order valence-electron chi connectivity index (χ4n) is 3.67. The average Bonchev–Trinajstić information content (AvgIpc) is 3.11. The van der Waals surface area contributed by atoms with Gasteiger partial charge in [-0.25, -0.2) is 0 Å². The van der Waals surface area contributed by atoms with Crippen molar-refractivity contribution in [1.82, 2.24) is 10.2 Å². The molecule has 1 heterocycles. The number of nitrogens with one attached hydrogen (secondary N) is 1. The second-order valence-electron chi connectivity index (χ2n) is 7.54. The minimum atomic E-state index is -0.181. The molecule has 1 amide bonds. The molecule has 0 saturated carbocycles. The SMILES string of the molecule is COc1ccc(/C=C2\NC(=S)N(C(C)c3ccccc3)C2=O)cc1COc1ccccc1Cl. The molecular formula is C26H23ClN2O3S. The second kappa shape index (κ2) is 10.1. The summed E-state index contributed by atoms with van der Waals surface area (Å²) in [6, 6.07) is 22.6. The molecule has 1 unspecified atom stereocenters. The Morgan fingerprint density at radius 2 is 1.79 bits per heavy atom. The maximum absolute atomic E-state index is 13.1. The van der Waals surface area contributed by atoms with Crippen molar-refractivity contribution in [3.05, 3.63) is 100 Å². The summed E-state index contributed by atoms with van der Waals surface area (Å²) in [6.07, 6.45) is 1.78. The molecule has 1 fully saturated rings. The second-order valence-corrected chi connectivity index (χ2v) is 8.33. The minimum absolute atomic E-state index is 0.166. The standard InChI is InChI=1S/C26H23ClN2O3S/c1-17(19-8-4-3-5-9-19)29-25(30)22(28-26(29)33)15-18-12-13-23(31-2)20(14-18)16-32-24-11-7-6-10-21(24)27/h3-15,17H,16H2,1-2H3,(H,28,33)/b22-15-. The van der Waals surface area contributed by atoms with Gasteiger partial charge in [-0.05, 0) is 60.6 Å². The highest BCUT2D eigenvalue weighted by atomic mass is 35.5. The first-order chi connectivity index (χ1) is 16.0. The molecule has 168 valence electrons. The highest BCUT2D eigenvalue weighted by Gasteiger charge is 2.34. The number of carbonyl (C=O) groups is 1. The van der Waals surface area contributed by atoms with Crippen LogP contribution in [-0.2, 0) is 11.4 Å². The summed E-state index contributed by atoms with van der Waals surface area (Å²) in [4.78, 5) is 14.7. The Hall–Kier alpha value is -3.35. The van der Waals surface area contributed by atoms with Crippen LogP contribution in [0, 0.1) is 0 Å². The van der Waals surface area contributed by atoms with Gasteiger partial charge in [0.15, 0.2) is 5.11 Å². The van der Waals surface area contributed by atoms with Gasteiger partial charge in [-0.15, -0.1) is 0 Å². The third-order valence-electron chi connectivity index (χ3n) is 5.41. The third kappa shape index (κ3) is 5.02. The molecule has 4 rings (SSSR count). The van der Waals surface area contributed by atoms with Gasteiger partial charge >= 0.3 is 0 Å². The van der Waals surface area contributed by atoms with E-state index < -0.39 is 0 Å². The molecule has 1 aliphatic rings. The molecule has 0 bridgehead atoms. The van der Waals surface area contributed by atoms with E-state index >= 15 is 0 Å². The molecule has 1 saturated heterocycles. The summed E-state index contributed by atoms with van der Waals surface area (Å²) in [5, 5.41) is 3.98. The lowest BCUT2D eigenvalue weighted by Crippen LogP contribution is -2.33. The molecule has 7 heteroatoms. The maximum Gasteiger partial charge on any atom is 0.277 e. The minimum Gasteiger partial charge on any atom is -0.496 e. The fourth-order valence-corrected chi connectivity index (χ4v) is 4.21. The Bertz CT molecular complexity index is 1210. The van der Waals surface area contributed by atoms with E-state index in [4.69, 9.17) is 33.3 Å². The molecule has 1 aliphatic heterocycles. The number of ether oxygens (including phenoxy) is 2. The molecule has 0 aromatic heterocycles. The van der Waals surface area contributed by atoms with E-state index in [0.29, 0.717) is 27.3 Å². The lowest BCUT2D eigenvalue weighted by Gasteiger charge is -2.23. The van der Waals surface area contributed by atoms with Gasteiger partial charge in [-0.2, -0.15) is 0 Å². The number of halogens is 1. The Labute approximate surface area is 203 Å². The number of methoxy groups -OCH3 is 1. The van der Waals surface area contributed by atoms with Crippen molar-refractivity contribution in [1.29, 1.82) is 0 Å². The highest BCUT2D eigenvalue weighted by molar-refractivity contribution is 7.80. The molecule has 5 nitrogen and oxygen atoms in total. The number of nitrogens with zero attached hydrogens (tertiary/aromatic N) is 1. The average molecular weight is 479 g/mol. The van der Waals surface area contributed by atoms with E-state index in [1.165, 1.54) is 0 Å². The summed E-state index contributed by atoms with van der Waals surface area (Å²) >= 11 is 11.7. The molecule has 0 aliphatic carbocycles. The molecule has 3 aromatic rings. The van der Waals surface area contributed by atoms with Crippen LogP contribution in [0.25, 0.3) is 6.08 Å². The van der Waals surface area contributed by atoms with E-state index in [1.54, 1.807) is 24.2 Å². The molecule has 33 heavy (non-hydrogen) atoms. The molecule has 1 N–H and O–H groups in total. The van der Waals surface area contributed by atoms with Crippen molar-refractivity contribution in [2.24, 2.45) is 0 Å². The largest absolute Gasteiger partial charge is 0.496 e. The van der Waals surface area contributed by atoms with Crippen LogP contribution < -0.4 is 14.8 Å². The quantitative estimate of drug-likeness (QED) is 0.346. The molecule has 0 radical (unpaired) electrons. The number of amides is 1. The van der Waals surface area contributed by atoms with Crippen molar-refractivity contribution >= 4 is 40.9 Å². The van der Waals surface area contributed by atoms with Crippen molar-refractivity contribution in [3.8, 4) is 11.5 Å². The van der Waals surface area contributed by atoms with Crippen LogP contribution in [0.4, 0.5) is 0 Å². The summed E-state index contributed by atoms with van der Waals surface area (Å²) in [6.45, 7) is 2.22. The van der Waals surface area contributed by atoms with Crippen molar-refractivity contribution in [2.45, 2.75) is 19.6 Å². The normalized spacial score (nSPS) is 15.5. The summed E-state index contributed by atoms with van der Waals surface area (Å²) in [5.74, 6) is 1.11. The number of hydrogen-bond acceptors (Lipinski definition) is 4. The van der Waals surface area contributed by atoms with Gasteiger partial charge in [-0.1, -0.05) is 60.1 Å². The lowest BCUT2D eigenvalue weighted by atomic mass is 10.1. The Morgan fingerprint density at radius 3 is 2.52 bits per heavy atom. The van der Waals surface area contributed by atoms with Crippen molar-refractivity contribution < 1.29 is 14.3 Å². The van der Waals surface area contributed by atoms with Crippen LogP contribution in [0.3, 0.4) is 0 Å². The summed E-state index contributed by atoms with van der Waals surface area (Å²) in [5.41, 5.74) is 3.08.